The number of carbonyl (C=O) groups excluding carboxylic acids is 1. The predicted octanol–water partition coefficient (Wildman–Crippen LogP) is 5.56. The quantitative estimate of drug-likeness (QED) is 0.314. The highest BCUT2D eigenvalue weighted by atomic mass is 32.1. The van der Waals surface area contributed by atoms with E-state index in [0.717, 1.165) is 65.7 Å². The summed E-state index contributed by atoms with van der Waals surface area (Å²) in [5.74, 6) is 0.0671. The monoisotopic (exact) mass is 479 g/mol. The van der Waals surface area contributed by atoms with Crippen LogP contribution >= 0.6 is 11.3 Å². The van der Waals surface area contributed by atoms with Crippen LogP contribution in [0, 0.1) is 0 Å². The summed E-state index contributed by atoms with van der Waals surface area (Å²) < 4.78 is 0. The van der Waals surface area contributed by atoms with Crippen LogP contribution in [0.4, 0.5) is 5.69 Å². The summed E-state index contributed by atoms with van der Waals surface area (Å²) in [7, 11) is 3.97. The van der Waals surface area contributed by atoms with Crippen molar-refractivity contribution in [3.05, 3.63) is 65.9 Å². The fourth-order valence-electron chi connectivity index (χ4n) is 4.10. The summed E-state index contributed by atoms with van der Waals surface area (Å²) >= 11 is 1.49. The van der Waals surface area contributed by atoms with Crippen LogP contribution in [-0.4, -0.2) is 50.0 Å². The minimum Gasteiger partial charge on any atom is -0.376 e. The molecular weight excluding hydrogens is 458 g/mol. The minimum atomic E-state index is 0.0671. The van der Waals surface area contributed by atoms with Crippen LogP contribution < -0.4 is 4.90 Å². The Morgan fingerprint density at radius 1 is 1.06 bits per heavy atom. The van der Waals surface area contributed by atoms with Crippen LogP contribution in [0.25, 0.3) is 55.2 Å². The molecule has 172 valence electrons. The van der Waals surface area contributed by atoms with Crippen molar-refractivity contribution in [2.45, 2.75) is 6.92 Å². The van der Waals surface area contributed by atoms with Crippen LogP contribution in [0.3, 0.4) is 0 Å². The second-order valence-corrected chi connectivity index (χ2v) is 9.60. The molecule has 0 bridgehead atoms. The first-order valence-corrected chi connectivity index (χ1v) is 11.9. The van der Waals surface area contributed by atoms with Gasteiger partial charge in [0.05, 0.1) is 33.7 Å². The van der Waals surface area contributed by atoms with Gasteiger partial charge in [-0.1, -0.05) is 0 Å². The zero-order chi connectivity index (χ0) is 24.1. The van der Waals surface area contributed by atoms with E-state index in [2.05, 4.69) is 31.2 Å². The number of Topliss-reactive ketones (excluding diaryl/α,β-unsaturated/α-hetero) is 1. The second kappa shape index (κ2) is 8.14. The molecule has 8 nitrogen and oxygen atoms in total. The number of anilines is 1. The third kappa shape index (κ3) is 3.66. The molecule has 0 fully saturated rings. The largest absolute Gasteiger partial charge is 0.376 e. The molecule has 0 saturated heterocycles. The molecule has 0 saturated carbocycles. The van der Waals surface area contributed by atoms with Crippen molar-refractivity contribution < 1.29 is 4.79 Å². The van der Waals surface area contributed by atoms with Crippen molar-refractivity contribution in [2.75, 3.05) is 19.0 Å². The third-order valence-electron chi connectivity index (χ3n) is 5.95. The number of H-pyrrole nitrogens is 2. The standard InChI is InChI=1S/C26H21N7OS/c1-14(34)22-6-7-23(35-22)17-8-9-28-26-18(17)11-21(30-26)25-24-20(31-32-25)5-4-19(29-24)15-10-16(33(2)3)13-27-12-15/h4-13H,1-3H3,(H,28,30)(H,31,32). The Kier molecular flexibility index (Phi) is 4.93. The number of nitrogens with zero attached hydrogens (tertiary/aromatic N) is 5. The molecule has 0 radical (unpaired) electrons. The number of ketones is 1. The number of aromatic nitrogens is 6. The zero-order valence-corrected chi connectivity index (χ0v) is 20.1. The molecule has 2 N–H and O–H groups in total. The molecule has 6 aromatic heterocycles. The van der Waals surface area contributed by atoms with E-state index in [1.807, 2.05) is 67.8 Å². The number of fused-ring (bicyclic) bond motifs is 2. The summed E-state index contributed by atoms with van der Waals surface area (Å²) in [5.41, 5.74) is 7.69. The van der Waals surface area contributed by atoms with Gasteiger partial charge in [-0.15, -0.1) is 11.3 Å². The summed E-state index contributed by atoms with van der Waals surface area (Å²) in [6.45, 7) is 1.59. The maximum Gasteiger partial charge on any atom is 0.169 e. The number of hydrogen-bond acceptors (Lipinski definition) is 7. The average Bonchev–Trinajstić information content (AvgIpc) is 3.61. The van der Waals surface area contributed by atoms with Crippen LogP contribution in [0.5, 0.6) is 0 Å². The van der Waals surface area contributed by atoms with E-state index >= 15 is 0 Å². The molecular formula is C26H21N7OS. The fraction of sp³-hybridized carbons (Fsp3) is 0.115. The predicted molar refractivity (Wildman–Crippen MR) is 140 cm³/mol. The van der Waals surface area contributed by atoms with Gasteiger partial charge < -0.3 is 9.88 Å². The van der Waals surface area contributed by atoms with Crippen molar-refractivity contribution in [3.63, 3.8) is 0 Å². The second-order valence-electron chi connectivity index (χ2n) is 8.52. The summed E-state index contributed by atoms with van der Waals surface area (Å²) in [6.07, 6.45) is 5.42. The van der Waals surface area contributed by atoms with Gasteiger partial charge in [0.15, 0.2) is 5.78 Å². The van der Waals surface area contributed by atoms with E-state index in [0.29, 0.717) is 0 Å². The van der Waals surface area contributed by atoms with Crippen LogP contribution in [0.2, 0.25) is 0 Å². The molecule has 0 aliphatic rings. The van der Waals surface area contributed by atoms with Gasteiger partial charge in [-0.05, 0) is 49.4 Å². The van der Waals surface area contributed by atoms with Gasteiger partial charge in [0.25, 0.3) is 0 Å². The maximum absolute atomic E-state index is 11.8. The molecule has 0 amide bonds. The third-order valence-corrected chi connectivity index (χ3v) is 7.17. The molecule has 6 rings (SSSR count). The Labute approximate surface area is 204 Å². The van der Waals surface area contributed by atoms with Crippen molar-refractivity contribution in [1.29, 1.82) is 0 Å². The smallest absolute Gasteiger partial charge is 0.169 e. The summed E-state index contributed by atoms with van der Waals surface area (Å²) in [5, 5.41) is 8.62. The van der Waals surface area contributed by atoms with E-state index in [4.69, 9.17) is 4.98 Å². The van der Waals surface area contributed by atoms with E-state index < -0.39 is 0 Å². The van der Waals surface area contributed by atoms with Gasteiger partial charge in [-0.2, -0.15) is 5.10 Å². The van der Waals surface area contributed by atoms with Crippen molar-refractivity contribution >= 4 is 44.9 Å². The Balaban J connectivity index is 1.46. The normalized spacial score (nSPS) is 11.4. The van der Waals surface area contributed by atoms with Gasteiger partial charge in [-0.25, -0.2) is 9.97 Å². The lowest BCUT2D eigenvalue weighted by Gasteiger charge is -2.12. The molecule has 0 atom stereocenters. The van der Waals surface area contributed by atoms with Gasteiger partial charge >= 0.3 is 0 Å². The molecule has 9 heteroatoms. The SMILES string of the molecule is CC(=O)c1ccc(-c2ccnc3[nH]c(-c4n[nH]c5ccc(-c6cncc(N(C)C)c6)nc45)cc23)s1. The lowest BCUT2D eigenvalue weighted by atomic mass is 10.1. The van der Waals surface area contributed by atoms with Crippen molar-refractivity contribution in [3.8, 4) is 33.1 Å². The van der Waals surface area contributed by atoms with Gasteiger partial charge in [-0.3, -0.25) is 14.9 Å². The minimum absolute atomic E-state index is 0.0671. The zero-order valence-electron chi connectivity index (χ0n) is 19.3. The van der Waals surface area contributed by atoms with E-state index in [1.54, 1.807) is 13.1 Å². The topological polar surface area (TPSA) is 103 Å². The molecule has 0 unspecified atom stereocenters. The number of nitrogens with one attached hydrogen (secondary N) is 2. The highest BCUT2D eigenvalue weighted by Crippen LogP contribution is 2.36. The van der Waals surface area contributed by atoms with Crippen molar-refractivity contribution in [2.24, 2.45) is 0 Å². The first-order valence-electron chi connectivity index (χ1n) is 11.0. The molecule has 0 aliphatic carbocycles. The summed E-state index contributed by atoms with van der Waals surface area (Å²) in [6, 6.07) is 13.9. The Bertz CT molecular complexity index is 1730. The first kappa shape index (κ1) is 21.2. The molecule has 0 aromatic carbocycles. The van der Waals surface area contributed by atoms with E-state index in [-0.39, 0.29) is 5.78 Å². The maximum atomic E-state index is 11.8. The number of aromatic amines is 2. The Hall–Kier alpha value is -4.37. The number of thiophene rings is 1. The molecule has 6 aromatic rings. The summed E-state index contributed by atoms with van der Waals surface area (Å²) in [4.78, 5) is 32.8. The van der Waals surface area contributed by atoms with Gasteiger partial charge in [0, 0.05) is 47.9 Å². The van der Waals surface area contributed by atoms with Gasteiger partial charge in [0.2, 0.25) is 0 Å². The first-order chi connectivity index (χ1) is 17.0. The average molecular weight is 480 g/mol. The lowest BCUT2D eigenvalue weighted by molar-refractivity contribution is 0.102. The van der Waals surface area contributed by atoms with Crippen LogP contribution in [0.15, 0.2) is 61.1 Å². The Morgan fingerprint density at radius 3 is 2.74 bits per heavy atom. The number of pyridine rings is 3. The molecule has 0 spiro atoms. The number of carbonyl (C=O) groups is 1. The van der Waals surface area contributed by atoms with Crippen LogP contribution in [0.1, 0.15) is 16.6 Å². The highest BCUT2D eigenvalue weighted by Gasteiger charge is 2.17. The molecule has 0 aliphatic heterocycles. The Morgan fingerprint density at radius 2 is 1.94 bits per heavy atom. The molecule has 35 heavy (non-hydrogen) atoms. The molecule has 6 heterocycles. The highest BCUT2D eigenvalue weighted by molar-refractivity contribution is 7.17. The van der Waals surface area contributed by atoms with E-state index in [9.17, 15) is 4.79 Å². The number of rotatable bonds is 5. The van der Waals surface area contributed by atoms with Crippen molar-refractivity contribution in [1.82, 2.24) is 30.1 Å². The number of hydrogen-bond donors (Lipinski definition) is 2. The van der Waals surface area contributed by atoms with E-state index in [1.165, 1.54) is 11.3 Å². The van der Waals surface area contributed by atoms with Gasteiger partial charge in [0.1, 0.15) is 16.9 Å². The lowest BCUT2D eigenvalue weighted by Crippen LogP contribution is -2.08. The fourth-order valence-corrected chi connectivity index (χ4v) is 5.04. The van der Waals surface area contributed by atoms with Crippen LogP contribution in [-0.2, 0) is 0 Å².